The lowest BCUT2D eigenvalue weighted by Gasteiger charge is -2.38. The normalized spacial score (nSPS) is 18.9. The predicted octanol–water partition coefficient (Wildman–Crippen LogP) is 1.92. The third kappa shape index (κ3) is 3.36. The van der Waals surface area contributed by atoms with Gasteiger partial charge in [0.2, 0.25) is 0 Å². The van der Waals surface area contributed by atoms with Crippen LogP contribution in [0, 0.1) is 0 Å². The predicted molar refractivity (Wildman–Crippen MR) is 78.2 cm³/mol. The van der Waals surface area contributed by atoms with Crippen LogP contribution < -0.4 is 10.2 Å². The first-order chi connectivity index (χ1) is 8.62. The Morgan fingerprint density at radius 2 is 2.33 bits per heavy atom. The lowest BCUT2D eigenvalue weighted by Crippen LogP contribution is -2.44. The average molecular weight is 266 g/mol. The molecule has 4 nitrogen and oxygen atoms in total. The monoisotopic (exact) mass is 266 g/mol. The third-order valence-corrected chi connectivity index (χ3v) is 4.35. The summed E-state index contributed by atoms with van der Waals surface area (Å²) in [5.74, 6) is 2.26. The Bertz CT molecular complexity index is 394. The zero-order valence-electron chi connectivity index (χ0n) is 11.4. The first-order valence-electron chi connectivity index (χ1n) is 6.51. The molecule has 0 spiro atoms. The van der Waals surface area contributed by atoms with Gasteiger partial charge < -0.3 is 10.2 Å². The highest BCUT2D eigenvalue weighted by molar-refractivity contribution is 8.00. The summed E-state index contributed by atoms with van der Waals surface area (Å²) in [6.07, 6.45) is 3.58. The molecule has 0 bridgehead atoms. The minimum absolute atomic E-state index is 0.304. The number of aromatic nitrogens is 2. The van der Waals surface area contributed by atoms with E-state index in [0.29, 0.717) is 4.75 Å². The first-order valence-corrected chi connectivity index (χ1v) is 7.49. The lowest BCUT2D eigenvalue weighted by atomic mass is 10.1. The van der Waals surface area contributed by atoms with Gasteiger partial charge in [-0.05, 0) is 20.4 Å². The van der Waals surface area contributed by atoms with Crippen molar-refractivity contribution < 1.29 is 0 Å². The molecule has 0 radical (unpaired) electrons. The molecule has 1 fully saturated rings. The second-order valence-corrected chi connectivity index (χ2v) is 6.98. The van der Waals surface area contributed by atoms with Crippen molar-refractivity contribution in [3.05, 3.63) is 18.1 Å². The Labute approximate surface area is 114 Å². The smallest absolute Gasteiger partial charge is 0.136 e. The molecule has 0 saturated carbocycles. The highest BCUT2D eigenvalue weighted by Crippen LogP contribution is 2.32. The van der Waals surface area contributed by atoms with Crippen LogP contribution in [0.1, 0.15) is 26.3 Å². The van der Waals surface area contributed by atoms with Crippen LogP contribution in [0.5, 0.6) is 0 Å². The van der Waals surface area contributed by atoms with Gasteiger partial charge in [0.1, 0.15) is 12.1 Å². The third-order valence-electron chi connectivity index (χ3n) is 3.05. The van der Waals surface area contributed by atoms with E-state index in [-0.39, 0.29) is 0 Å². The molecule has 0 amide bonds. The van der Waals surface area contributed by atoms with Gasteiger partial charge in [-0.2, -0.15) is 11.8 Å². The van der Waals surface area contributed by atoms with Crippen molar-refractivity contribution in [1.29, 1.82) is 0 Å². The molecule has 1 saturated heterocycles. The van der Waals surface area contributed by atoms with Crippen molar-refractivity contribution in [1.82, 2.24) is 15.3 Å². The van der Waals surface area contributed by atoms with Gasteiger partial charge in [0.25, 0.3) is 0 Å². The minimum atomic E-state index is 0.304. The number of hydrogen-bond donors (Lipinski definition) is 1. The molecular weight excluding hydrogens is 244 g/mol. The largest absolute Gasteiger partial charge is 0.354 e. The SMILES string of the molecule is CCNCc1cncnc1N1CCSC(C)(C)C1. The molecule has 1 aliphatic heterocycles. The van der Waals surface area contributed by atoms with Gasteiger partial charge in [-0.3, -0.25) is 0 Å². The van der Waals surface area contributed by atoms with Crippen LogP contribution in [0.15, 0.2) is 12.5 Å². The molecule has 1 N–H and O–H groups in total. The van der Waals surface area contributed by atoms with E-state index in [0.717, 1.165) is 37.7 Å². The van der Waals surface area contributed by atoms with Crippen molar-refractivity contribution >= 4 is 17.6 Å². The fraction of sp³-hybridized carbons (Fsp3) is 0.692. The molecule has 0 aromatic carbocycles. The van der Waals surface area contributed by atoms with Gasteiger partial charge in [-0.15, -0.1) is 0 Å². The van der Waals surface area contributed by atoms with Crippen LogP contribution in [0.2, 0.25) is 0 Å². The van der Waals surface area contributed by atoms with Crippen molar-refractivity contribution in [2.45, 2.75) is 32.1 Å². The molecule has 0 aliphatic carbocycles. The molecule has 18 heavy (non-hydrogen) atoms. The Morgan fingerprint density at radius 1 is 1.50 bits per heavy atom. The van der Waals surface area contributed by atoms with Crippen LogP contribution in [0.3, 0.4) is 0 Å². The summed E-state index contributed by atoms with van der Waals surface area (Å²) in [4.78, 5) is 11.0. The van der Waals surface area contributed by atoms with E-state index in [4.69, 9.17) is 0 Å². The van der Waals surface area contributed by atoms with Gasteiger partial charge in [-0.25, -0.2) is 9.97 Å². The summed E-state index contributed by atoms with van der Waals surface area (Å²) >= 11 is 2.04. The van der Waals surface area contributed by atoms with Crippen molar-refractivity contribution in [3.63, 3.8) is 0 Å². The van der Waals surface area contributed by atoms with Crippen LogP contribution >= 0.6 is 11.8 Å². The summed E-state index contributed by atoms with van der Waals surface area (Å²) in [6.45, 7) is 10.7. The van der Waals surface area contributed by atoms with Crippen molar-refractivity contribution in [2.75, 3.05) is 30.3 Å². The fourth-order valence-corrected chi connectivity index (χ4v) is 3.33. The van der Waals surface area contributed by atoms with E-state index >= 15 is 0 Å². The number of nitrogens with one attached hydrogen (secondary N) is 1. The van der Waals surface area contributed by atoms with E-state index in [9.17, 15) is 0 Å². The Kier molecular flexibility index (Phi) is 4.45. The van der Waals surface area contributed by atoms with Crippen LogP contribution in [-0.2, 0) is 6.54 Å². The number of nitrogens with zero attached hydrogens (tertiary/aromatic N) is 3. The summed E-state index contributed by atoms with van der Waals surface area (Å²) in [7, 11) is 0. The number of rotatable bonds is 4. The molecule has 2 heterocycles. The molecular formula is C13H22N4S. The van der Waals surface area contributed by atoms with Crippen LogP contribution in [-0.4, -0.2) is 40.1 Å². The maximum atomic E-state index is 4.49. The van der Waals surface area contributed by atoms with Crippen LogP contribution in [0.25, 0.3) is 0 Å². The quantitative estimate of drug-likeness (QED) is 0.901. The summed E-state index contributed by atoms with van der Waals surface area (Å²) in [5, 5.41) is 3.35. The Morgan fingerprint density at radius 3 is 3.06 bits per heavy atom. The van der Waals surface area contributed by atoms with Crippen molar-refractivity contribution in [2.24, 2.45) is 0 Å². The van der Waals surface area contributed by atoms with Crippen molar-refractivity contribution in [3.8, 4) is 0 Å². The zero-order chi connectivity index (χ0) is 13.0. The van der Waals surface area contributed by atoms with Crippen LogP contribution in [0.4, 0.5) is 5.82 Å². The molecule has 1 aromatic heterocycles. The van der Waals surface area contributed by atoms with Gasteiger partial charge >= 0.3 is 0 Å². The first kappa shape index (κ1) is 13.6. The topological polar surface area (TPSA) is 41.1 Å². The fourth-order valence-electron chi connectivity index (χ4n) is 2.22. The molecule has 2 rings (SSSR count). The van der Waals surface area contributed by atoms with Gasteiger partial charge in [0.15, 0.2) is 0 Å². The summed E-state index contributed by atoms with van der Waals surface area (Å²) in [5.41, 5.74) is 1.20. The molecule has 0 atom stereocenters. The maximum absolute atomic E-state index is 4.49. The minimum Gasteiger partial charge on any atom is -0.354 e. The Hall–Kier alpha value is -0.810. The van der Waals surface area contributed by atoms with E-state index in [1.54, 1.807) is 6.33 Å². The molecule has 5 heteroatoms. The van der Waals surface area contributed by atoms with E-state index < -0.39 is 0 Å². The van der Waals surface area contributed by atoms with Gasteiger partial charge in [0, 0.05) is 41.9 Å². The molecule has 1 aliphatic rings. The number of hydrogen-bond acceptors (Lipinski definition) is 5. The molecule has 0 unspecified atom stereocenters. The second-order valence-electron chi connectivity index (χ2n) is 5.18. The van der Waals surface area contributed by atoms with E-state index in [1.165, 1.54) is 5.56 Å². The molecule has 1 aromatic rings. The highest BCUT2D eigenvalue weighted by atomic mass is 32.2. The summed E-state index contributed by atoms with van der Waals surface area (Å²) < 4.78 is 0.304. The average Bonchev–Trinajstić information content (AvgIpc) is 2.35. The van der Waals surface area contributed by atoms with E-state index in [2.05, 4.69) is 41.0 Å². The number of thioether (sulfide) groups is 1. The van der Waals surface area contributed by atoms with E-state index in [1.807, 2.05) is 18.0 Å². The Balaban J connectivity index is 2.16. The van der Waals surface area contributed by atoms with Gasteiger partial charge in [0.05, 0.1) is 0 Å². The van der Waals surface area contributed by atoms with Gasteiger partial charge in [-0.1, -0.05) is 6.92 Å². The molecule has 100 valence electrons. The highest BCUT2D eigenvalue weighted by Gasteiger charge is 2.28. The lowest BCUT2D eigenvalue weighted by molar-refractivity contribution is 0.634. The standard InChI is InChI=1S/C13H22N4S/c1-4-14-7-11-8-15-10-16-12(11)17-5-6-18-13(2,3)9-17/h8,10,14H,4-7,9H2,1-3H3. The number of anilines is 1. The second kappa shape index (κ2) is 5.89. The summed E-state index contributed by atoms with van der Waals surface area (Å²) in [6, 6.07) is 0. The maximum Gasteiger partial charge on any atom is 0.136 e. The zero-order valence-corrected chi connectivity index (χ0v) is 12.3.